The van der Waals surface area contributed by atoms with Crippen LogP contribution in [0.25, 0.3) is 0 Å². The Balaban J connectivity index is 1.73. The molecule has 0 aromatic rings. The highest BCUT2D eigenvalue weighted by Gasteiger charge is 2.62. The molecule has 0 radical (unpaired) electrons. The summed E-state index contributed by atoms with van der Waals surface area (Å²) in [5.74, 6) is -0.919. The van der Waals surface area contributed by atoms with E-state index in [1.807, 2.05) is 25.9 Å². The van der Waals surface area contributed by atoms with Gasteiger partial charge in [0.05, 0.1) is 12.2 Å². The van der Waals surface area contributed by atoms with Gasteiger partial charge < -0.3 is 24.8 Å². The summed E-state index contributed by atoms with van der Waals surface area (Å²) < 4.78 is 12.0. The van der Waals surface area contributed by atoms with E-state index in [1.165, 1.54) is 11.1 Å². The molecule has 5 atom stereocenters. The lowest BCUT2D eigenvalue weighted by Gasteiger charge is -2.35. The van der Waals surface area contributed by atoms with Crippen LogP contribution in [-0.2, 0) is 23.9 Å². The molecular weight excluding hydrogens is 390 g/mol. The minimum atomic E-state index is -0.970. The first-order chi connectivity index (χ1) is 14.1. The fraction of sp³-hybridized carbons (Fsp3) is 0.762. The second-order valence-corrected chi connectivity index (χ2v) is 8.96. The van der Waals surface area contributed by atoms with Crippen LogP contribution in [0.1, 0.15) is 33.6 Å². The van der Waals surface area contributed by atoms with Crippen molar-refractivity contribution in [3.8, 4) is 0 Å². The quantitative estimate of drug-likeness (QED) is 0.524. The van der Waals surface area contributed by atoms with Crippen molar-refractivity contribution in [2.45, 2.75) is 58.2 Å². The first kappa shape index (κ1) is 22.9. The summed E-state index contributed by atoms with van der Waals surface area (Å²) in [4.78, 5) is 41.2. The average molecular weight is 424 g/mol. The van der Waals surface area contributed by atoms with Crippen LogP contribution < -0.4 is 5.32 Å². The predicted octanol–water partition coefficient (Wildman–Crippen LogP) is -0.113. The molecule has 1 saturated carbocycles. The Morgan fingerprint density at radius 1 is 1.43 bits per heavy atom. The van der Waals surface area contributed by atoms with Gasteiger partial charge in [0, 0.05) is 30.8 Å². The Morgan fingerprint density at radius 3 is 2.67 bits per heavy atom. The normalized spacial score (nSPS) is 31.3. The van der Waals surface area contributed by atoms with Crippen molar-refractivity contribution < 1.29 is 29.0 Å². The van der Waals surface area contributed by atoms with E-state index in [0.717, 1.165) is 0 Å². The van der Waals surface area contributed by atoms with Gasteiger partial charge in [-0.3, -0.25) is 19.3 Å². The van der Waals surface area contributed by atoms with E-state index in [4.69, 9.17) is 9.47 Å². The fourth-order valence-corrected chi connectivity index (χ4v) is 4.26. The SMILES string of the molecule is CC1=CN(C2OC(C(C)O)C(C)C2OCC(=O)NCCN(C)C)C(=O)C2(CC2)C1=O. The summed E-state index contributed by atoms with van der Waals surface area (Å²) in [5, 5.41) is 12.9. The Bertz CT molecular complexity index is 730. The maximum atomic E-state index is 13.1. The second-order valence-electron chi connectivity index (χ2n) is 8.96. The number of likely N-dealkylation sites (N-methyl/N-ethyl adjacent to an activating group) is 1. The zero-order valence-corrected chi connectivity index (χ0v) is 18.4. The number of carbonyl (C=O) groups excluding carboxylic acids is 3. The molecule has 9 nitrogen and oxygen atoms in total. The number of Topliss-reactive ketones (excluding diaryl/α,β-unsaturated/α-hetero) is 1. The fourth-order valence-electron chi connectivity index (χ4n) is 4.26. The minimum Gasteiger partial charge on any atom is -0.391 e. The average Bonchev–Trinajstić information content (AvgIpc) is 3.40. The predicted molar refractivity (Wildman–Crippen MR) is 108 cm³/mol. The van der Waals surface area contributed by atoms with Crippen molar-refractivity contribution in [1.29, 1.82) is 0 Å². The number of ketones is 1. The molecule has 2 fully saturated rings. The summed E-state index contributed by atoms with van der Waals surface area (Å²) in [7, 11) is 3.84. The minimum absolute atomic E-state index is 0.125. The van der Waals surface area contributed by atoms with Crippen molar-refractivity contribution in [3.05, 3.63) is 11.8 Å². The molecule has 1 spiro atoms. The maximum Gasteiger partial charge on any atom is 0.246 e. The van der Waals surface area contributed by atoms with Crippen LogP contribution in [0.2, 0.25) is 0 Å². The van der Waals surface area contributed by atoms with E-state index >= 15 is 0 Å². The standard InChI is InChI=1S/C21H33N3O6/c1-12-10-24(20(28)21(6-7-21)18(12)27)19-17(13(2)16(30-19)14(3)25)29-11-15(26)22-8-9-23(4)5/h10,13-14,16-17,19,25H,6-9,11H2,1-5H3,(H,22,26). The summed E-state index contributed by atoms with van der Waals surface area (Å²) in [6.45, 7) is 6.23. The van der Waals surface area contributed by atoms with Crippen molar-refractivity contribution >= 4 is 17.6 Å². The zero-order valence-electron chi connectivity index (χ0n) is 18.4. The third-order valence-electron chi connectivity index (χ3n) is 6.17. The molecule has 2 N–H and O–H groups in total. The van der Waals surface area contributed by atoms with Crippen LogP contribution in [0.15, 0.2) is 11.8 Å². The zero-order chi connectivity index (χ0) is 22.2. The summed E-state index contributed by atoms with van der Waals surface area (Å²) >= 11 is 0. The molecule has 0 bridgehead atoms. The lowest BCUT2D eigenvalue weighted by Crippen LogP contribution is -2.52. The number of aliphatic hydroxyl groups excluding tert-OH is 1. The summed E-state index contributed by atoms with van der Waals surface area (Å²) in [6.07, 6.45) is -0.146. The molecule has 0 aromatic carbocycles. The van der Waals surface area contributed by atoms with E-state index < -0.39 is 30.0 Å². The molecule has 2 aliphatic heterocycles. The van der Waals surface area contributed by atoms with Gasteiger partial charge in [0.2, 0.25) is 11.8 Å². The number of allylic oxidation sites excluding steroid dienone is 1. The highest BCUT2D eigenvalue weighted by atomic mass is 16.6. The van der Waals surface area contributed by atoms with E-state index in [-0.39, 0.29) is 30.1 Å². The molecule has 3 rings (SSSR count). The van der Waals surface area contributed by atoms with E-state index in [2.05, 4.69) is 5.32 Å². The second kappa shape index (κ2) is 8.74. The molecule has 5 unspecified atom stereocenters. The van der Waals surface area contributed by atoms with Gasteiger partial charge in [-0.05, 0) is 40.8 Å². The molecule has 3 aliphatic rings. The van der Waals surface area contributed by atoms with Gasteiger partial charge in [0.25, 0.3) is 0 Å². The van der Waals surface area contributed by atoms with Gasteiger partial charge in [-0.1, -0.05) is 6.92 Å². The Morgan fingerprint density at radius 2 is 2.10 bits per heavy atom. The number of nitrogens with one attached hydrogen (secondary N) is 1. The van der Waals surface area contributed by atoms with Crippen LogP contribution in [0.5, 0.6) is 0 Å². The number of hydrogen-bond donors (Lipinski definition) is 2. The lowest BCUT2D eigenvalue weighted by molar-refractivity contribution is -0.160. The van der Waals surface area contributed by atoms with Gasteiger partial charge in [-0.2, -0.15) is 0 Å². The Kier molecular flexibility index (Phi) is 6.66. The molecule has 1 aliphatic carbocycles. The van der Waals surface area contributed by atoms with Crippen molar-refractivity contribution in [2.24, 2.45) is 11.3 Å². The smallest absolute Gasteiger partial charge is 0.246 e. The first-order valence-corrected chi connectivity index (χ1v) is 10.5. The van der Waals surface area contributed by atoms with Gasteiger partial charge in [-0.15, -0.1) is 0 Å². The molecule has 168 valence electrons. The van der Waals surface area contributed by atoms with Crippen molar-refractivity contribution in [3.63, 3.8) is 0 Å². The van der Waals surface area contributed by atoms with E-state index in [1.54, 1.807) is 13.8 Å². The number of hydrogen-bond acceptors (Lipinski definition) is 7. The van der Waals surface area contributed by atoms with Crippen LogP contribution in [0.3, 0.4) is 0 Å². The third kappa shape index (κ3) is 4.30. The Hall–Kier alpha value is -1.81. The largest absolute Gasteiger partial charge is 0.391 e. The maximum absolute atomic E-state index is 13.1. The van der Waals surface area contributed by atoms with E-state index in [9.17, 15) is 19.5 Å². The number of ether oxygens (including phenoxy) is 2. The van der Waals surface area contributed by atoms with Crippen LogP contribution in [0, 0.1) is 11.3 Å². The third-order valence-corrected chi connectivity index (χ3v) is 6.17. The molecule has 2 amide bonds. The number of nitrogens with zero attached hydrogens (tertiary/aromatic N) is 2. The molecule has 2 heterocycles. The monoisotopic (exact) mass is 423 g/mol. The van der Waals surface area contributed by atoms with Crippen LogP contribution >= 0.6 is 0 Å². The topological polar surface area (TPSA) is 108 Å². The van der Waals surface area contributed by atoms with Gasteiger partial charge in [0.1, 0.15) is 18.1 Å². The number of carbonyl (C=O) groups is 3. The molecule has 0 aromatic heterocycles. The van der Waals surface area contributed by atoms with Crippen molar-refractivity contribution in [2.75, 3.05) is 33.8 Å². The van der Waals surface area contributed by atoms with Gasteiger partial charge in [-0.25, -0.2) is 0 Å². The highest BCUT2D eigenvalue weighted by molar-refractivity contribution is 6.18. The molecule has 9 heteroatoms. The number of amides is 2. The first-order valence-electron chi connectivity index (χ1n) is 10.5. The Labute approximate surface area is 177 Å². The molecular formula is C21H33N3O6. The van der Waals surface area contributed by atoms with Crippen molar-refractivity contribution in [1.82, 2.24) is 15.1 Å². The highest BCUT2D eigenvalue weighted by Crippen LogP contribution is 2.52. The number of aliphatic hydroxyl groups is 1. The van der Waals surface area contributed by atoms with Gasteiger partial charge in [0.15, 0.2) is 12.0 Å². The lowest BCUT2D eigenvalue weighted by atomic mass is 9.90. The van der Waals surface area contributed by atoms with E-state index in [0.29, 0.717) is 31.5 Å². The van der Waals surface area contributed by atoms with Crippen LogP contribution in [-0.4, -0.2) is 90.8 Å². The number of rotatable bonds is 8. The molecule has 1 saturated heterocycles. The summed E-state index contributed by atoms with van der Waals surface area (Å²) in [6, 6.07) is 0. The summed E-state index contributed by atoms with van der Waals surface area (Å²) in [5.41, 5.74) is -0.466. The van der Waals surface area contributed by atoms with Crippen LogP contribution in [0.4, 0.5) is 0 Å². The molecule has 30 heavy (non-hydrogen) atoms. The van der Waals surface area contributed by atoms with Gasteiger partial charge >= 0.3 is 0 Å².